The largest absolute Gasteiger partial charge is 0.373 e. The predicted octanol–water partition coefficient (Wildman–Crippen LogP) is 1.80. The van der Waals surface area contributed by atoms with E-state index in [-0.39, 0.29) is 6.10 Å². The highest BCUT2D eigenvalue weighted by atomic mass is 16.5. The molecular formula is C15H22N6O. The van der Waals surface area contributed by atoms with Crippen molar-refractivity contribution in [3.8, 4) is 0 Å². The highest BCUT2D eigenvalue weighted by Crippen LogP contribution is 2.33. The average Bonchev–Trinajstić information content (AvgIpc) is 2.95. The van der Waals surface area contributed by atoms with Crippen molar-refractivity contribution in [3.05, 3.63) is 29.3 Å². The molecule has 0 spiro atoms. The van der Waals surface area contributed by atoms with Crippen LogP contribution in [0, 0.1) is 19.8 Å². The Morgan fingerprint density at radius 2 is 2.18 bits per heavy atom. The van der Waals surface area contributed by atoms with Gasteiger partial charge in [-0.05, 0) is 26.7 Å². The maximum atomic E-state index is 5.97. The molecule has 7 nitrogen and oxygen atoms in total. The monoisotopic (exact) mass is 302 g/mol. The summed E-state index contributed by atoms with van der Waals surface area (Å²) in [5.74, 6) is 0.960. The molecule has 2 atom stereocenters. The van der Waals surface area contributed by atoms with Gasteiger partial charge in [-0.2, -0.15) is 10.2 Å². The Morgan fingerprint density at radius 3 is 2.91 bits per heavy atom. The predicted molar refractivity (Wildman–Crippen MR) is 82.4 cm³/mol. The fraction of sp³-hybridized carbons (Fsp3) is 0.600. The number of ether oxygens (including phenoxy) is 1. The zero-order valence-electron chi connectivity index (χ0n) is 13.3. The summed E-state index contributed by atoms with van der Waals surface area (Å²) >= 11 is 0. The molecular weight excluding hydrogens is 280 g/mol. The van der Waals surface area contributed by atoms with E-state index in [1.165, 1.54) is 0 Å². The van der Waals surface area contributed by atoms with E-state index in [4.69, 9.17) is 4.74 Å². The number of nitrogens with one attached hydrogen (secondary N) is 1. The first-order valence-corrected chi connectivity index (χ1v) is 7.65. The molecule has 3 heterocycles. The molecule has 0 amide bonds. The van der Waals surface area contributed by atoms with Crippen LogP contribution in [0.4, 0.5) is 5.95 Å². The average molecular weight is 302 g/mol. The van der Waals surface area contributed by atoms with E-state index in [1.54, 1.807) is 0 Å². The van der Waals surface area contributed by atoms with Crippen LogP contribution in [0.15, 0.2) is 12.4 Å². The summed E-state index contributed by atoms with van der Waals surface area (Å²) in [6, 6.07) is 0. The van der Waals surface area contributed by atoms with Crippen LogP contribution in [0.25, 0.3) is 0 Å². The Kier molecular flexibility index (Phi) is 4.33. The molecule has 2 aromatic rings. The van der Waals surface area contributed by atoms with Gasteiger partial charge in [0.1, 0.15) is 0 Å². The first-order valence-electron chi connectivity index (χ1n) is 7.65. The number of nitrogens with zero attached hydrogens (tertiary/aromatic N) is 5. The van der Waals surface area contributed by atoms with Gasteiger partial charge in [0.25, 0.3) is 0 Å². The van der Waals surface area contributed by atoms with Crippen LogP contribution in [0.3, 0.4) is 0 Å². The van der Waals surface area contributed by atoms with Gasteiger partial charge in [0, 0.05) is 37.9 Å². The molecule has 0 aromatic carbocycles. The topological polar surface area (TPSA) is 77.8 Å². The van der Waals surface area contributed by atoms with Gasteiger partial charge in [-0.25, -0.2) is 4.98 Å². The van der Waals surface area contributed by atoms with Crippen LogP contribution in [0.2, 0.25) is 0 Å². The molecule has 1 aliphatic heterocycles. The maximum absolute atomic E-state index is 5.97. The molecule has 3 rings (SSSR count). The Balaban J connectivity index is 1.67. The Labute approximate surface area is 130 Å². The van der Waals surface area contributed by atoms with Crippen LogP contribution in [-0.2, 0) is 11.8 Å². The fourth-order valence-electron chi connectivity index (χ4n) is 2.76. The summed E-state index contributed by atoms with van der Waals surface area (Å²) in [4.78, 5) is 4.42. The molecule has 0 bridgehead atoms. The minimum absolute atomic E-state index is 0.0782. The zero-order chi connectivity index (χ0) is 15.5. The number of aryl methyl sites for hydroxylation is 3. The van der Waals surface area contributed by atoms with E-state index in [0.29, 0.717) is 11.9 Å². The molecule has 7 heteroatoms. The molecule has 1 N–H and O–H groups in total. The van der Waals surface area contributed by atoms with Crippen molar-refractivity contribution in [2.24, 2.45) is 13.0 Å². The smallest absolute Gasteiger partial charge is 0.242 e. The lowest BCUT2D eigenvalue weighted by atomic mass is 9.91. The molecule has 0 unspecified atom stereocenters. The first-order chi connectivity index (χ1) is 10.6. The van der Waals surface area contributed by atoms with Gasteiger partial charge in [-0.1, -0.05) is 0 Å². The highest BCUT2D eigenvalue weighted by molar-refractivity contribution is 5.25. The van der Waals surface area contributed by atoms with Gasteiger partial charge in [0.15, 0.2) is 0 Å². The molecule has 1 fully saturated rings. The van der Waals surface area contributed by atoms with E-state index >= 15 is 0 Å². The van der Waals surface area contributed by atoms with Gasteiger partial charge in [-0.15, -0.1) is 5.10 Å². The lowest BCUT2D eigenvalue weighted by Crippen LogP contribution is -2.28. The summed E-state index contributed by atoms with van der Waals surface area (Å²) in [6.07, 6.45) is 6.18. The number of rotatable bonds is 4. The summed E-state index contributed by atoms with van der Waals surface area (Å²) < 4.78 is 7.79. The van der Waals surface area contributed by atoms with Crippen molar-refractivity contribution in [1.29, 1.82) is 0 Å². The number of hydrogen-bond acceptors (Lipinski definition) is 6. The first kappa shape index (κ1) is 14.9. The van der Waals surface area contributed by atoms with Gasteiger partial charge in [0.2, 0.25) is 5.95 Å². The minimum Gasteiger partial charge on any atom is -0.373 e. The van der Waals surface area contributed by atoms with E-state index in [9.17, 15) is 0 Å². The van der Waals surface area contributed by atoms with E-state index < -0.39 is 0 Å². The van der Waals surface area contributed by atoms with Crippen molar-refractivity contribution >= 4 is 5.95 Å². The fourth-order valence-corrected chi connectivity index (χ4v) is 2.76. The molecule has 0 radical (unpaired) electrons. The SMILES string of the molecule is Cc1nnc(NC[C@@H]2CCCO[C@H]2c2cnn(C)c2)nc1C. The molecule has 1 aliphatic rings. The van der Waals surface area contributed by atoms with Crippen molar-refractivity contribution in [2.45, 2.75) is 32.8 Å². The molecule has 22 heavy (non-hydrogen) atoms. The highest BCUT2D eigenvalue weighted by Gasteiger charge is 2.28. The third-order valence-electron chi connectivity index (χ3n) is 4.11. The second kappa shape index (κ2) is 6.39. The summed E-state index contributed by atoms with van der Waals surface area (Å²) in [5, 5.41) is 15.7. The van der Waals surface area contributed by atoms with E-state index in [0.717, 1.165) is 42.9 Å². The normalized spacial score (nSPS) is 21.8. The van der Waals surface area contributed by atoms with Crippen LogP contribution < -0.4 is 5.32 Å². The number of anilines is 1. The number of hydrogen-bond donors (Lipinski definition) is 1. The molecule has 1 saturated heterocycles. The Bertz CT molecular complexity index is 641. The van der Waals surface area contributed by atoms with Gasteiger partial charge < -0.3 is 10.1 Å². The van der Waals surface area contributed by atoms with Crippen molar-refractivity contribution in [2.75, 3.05) is 18.5 Å². The third kappa shape index (κ3) is 3.24. The van der Waals surface area contributed by atoms with Gasteiger partial charge >= 0.3 is 0 Å². The van der Waals surface area contributed by atoms with Gasteiger partial charge in [-0.3, -0.25) is 4.68 Å². The van der Waals surface area contributed by atoms with Crippen LogP contribution in [0.1, 0.15) is 35.9 Å². The van der Waals surface area contributed by atoms with Crippen LogP contribution in [-0.4, -0.2) is 38.1 Å². The number of aromatic nitrogens is 5. The molecule has 2 aromatic heterocycles. The molecule has 0 saturated carbocycles. The maximum Gasteiger partial charge on any atom is 0.242 e. The van der Waals surface area contributed by atoms with Gasteiger partial charge in [0.05, 0.1) is 23.7 Å². The lowest BCUT2D eigenvalue weighted by molar-refractivity contribution is -0.0239. The lowest BCUT2D eigenvalue weighted by Gasteiger charge is -2.31. The minimum atomic E-state index is 0.0782. The van der Waals surface area contributed by atoms with Crippen LogP contribution in [0.5, 0.6) is 0 Å². The zero-order valence-corrected chi connectivity index (χ0v) is 13.3. The summed E-state index contributed by atoms with van der Waals surface area (Å²) in [7, 11) is 1.92. The quantitative estimate of drug-likeness (QED) is 0.928. The van der Waals surface area contributed by atoms with Crippen molar-refractivity contribution in [3.63, 3.8) is 0 Å². The summed E-state index contributed by atoms with van der Waals surface area (Å²) in [5.41, 5.74) is 2.90. The molecule has 118 valence electrons. The van der Waals surface area contributed by atoms with E-state index in [1.807, 2.05) is 38.0 Å². The van der Waals surface area contributed by atoms with Crippen LogP contribution >= 0.6 is 0 Å². The Hall–Kier alpha value is -2.02. The second-order valence-electron chi connectivity index (χ2n) is 5.83. The van der Waals surface area contributed by atoms with Crippen molar-refractivity contribution in [1.82, 2.24) is 25.0 Å². The third-order valence-corrected chi connectivity index (χ3v) is 4.11. The standard InChI is InChI=1S/C15H22N6O/c1-10-11(2)19-20-15(18-10)16-7-12-5-4-6-22-14(12)13-8-17-21(3)9-13/h8-9,12,14H,4-7H2,1-3H3,(H,16,18,20)/t12-,14+/m0/s1. The Morgan fingerprint density at radius 1 is 1.32 bits per heavy atom. The van der Waals surface area contributed by atoms with Crippen molar-refractivity contribution < 1.29 is 4.74 Å². The molecule has 0 aliphatic carbocycles. The summed E-state index contributed by atoms with van der Waals surface area (Å²) in [6.45, 7) is 5.42. The van der Waals surface area contributed by atoms with E-state index in [2.05, 4.69) is 25.6 Å². The second-order valence-corrected chi connectivity index (χ2v) is 5.83.